The van der Waals surface area contributed by atoms with E-state index in [0.29, 0.717) is 25.4 Å². The maximum Gasteiger partial charge on any atom is 0.407 e. The van der Waals surface area contributed by atoms with Crippen molar-refractivity contribution in [3.8, 4) is 0 Å². The summed E-state index contributed by atoms with van der Waals surface area (Å²) in [5.74, 6) is -0.129. The van der Waals surface area contributed by atoms with E-state index in [1.165, 1.54) is 103 Å². The van der Waals surface area contributed by atoms with Gasteiger partial charge in [-0.3, -0.25) is 9.59 Å². The molecular weight excluding hydrogens is 618 g/mol. The van der Waals surface area contributed by atoms with E-state index in [4.69, 9.17) is 18.9 Å². The minimum Gasteiger partial charge on any atom is -0.462 e. The van der Waals surface area contributed by atoms with E-state index in [9.17, 15) is 14.4 Å². The predicted octanol–water partition coefficient (Wildman–Crippen LogP) is 11.4. The highest BCUT2D eigenvalue weighted by Gasteiger charge is 2.22. The first-order chi connectivity index (χ1) is 23.6. The quantitative estimate of drug-likeness (QED) is 0.0399. The Labute approximate surface area is 302 Å². The third-order valence-corrected chi connectivity index (χ3v) is 8.94. The van der Waals surface area contributed by atoms with Crippen molar-refractivity contribution in [2.24, 2.45) is 5.92 Å². The standard InChI is InChI=1S/C41H79NO7/c1-7-9-11-13-15-17-19-21-23-25-27-29-38(43)46-33-37(34-47-40(45)42-35-41(5,6)48-32-31-36(3)4)49-39(44)30-28-26-24-22-20-18-16-14-12-10-8-2/h36-37H,7-35H2,1-6H3,(H,42,45). The molecule has 0 fully saturated rings. The van der Waals surface area contributed by atoms with Gasteiger partial charge in [0, 0.05) is 26.0 Å². The normalized spacial score (nSPS) is 12.2. The number of ether oxygens (including phenoxy) is 4. The van der Waals surface area contributed by atoms with Gasteiger partial charge in [-0.15, -0.1) is 0 Å². The van der Waals surface area contributed by atoms with Gasteiger partial charge < -0.3 is 24.3 Å². The van der Waals surface area contributed by atoms with Crippen LogP contribution in [-0.4, -0.2) is 56.1 Å². The van der Waals surface area contributed by atoms with Crippen molar-refractivity contribution >= 4 is 18.0 Å². The van der Waals surface area contributed by atoms with Gasteiger partial charge >= 0.3 is 18.0 Å². The van der Waals surface area contributed by atoms with Crippen molar-refractivity contribution in [1.29, 1.82) is 0 Å². The molecule has 0 saturated heterocycles. The average Bonchev–Trinajstić information content (AvgIpc) is 3.06. The molecule has 0 aliphatic carbocycles. The molecule has 0 aliphatic heterocycles. The van der Waals surface area contributed by atoms with Crippen LogP contribution < -0.4 is 5.32 Å². The van der Waals surface area contributed by atoms with Crippen LogP contribution in [0.5, 0.6) is 0 Å². The lowest BCUT2D eigenvalue weighted by molar-refractivity contribution is -0.161. The molecule has 1 N–H and O–H groups in total. The molecule has 1 unspecified atom stereocenters. The van der Waals surface area contributed by atoms with E-state index in [-0.39, 0.29) is 31.7 Å². The summed E-state index contributed by atoms with van der Waals surface area (Å²) in [7, 11) is 0. The van der Waals surface area contributed by atoms with Gasteiger partial charge in [0.15, 0.2) is 6.10 Å². The molecule has 0 heterocycles. The largest absolute Gasteiger partial charge is 0.462 e. The third kappa shape index (κ3) is 34.4. The molecule has 8 heteroatoms. The number of amides is 1. The Morgan fingerprint density at radius 2 is 0.980 bits per heavy atom. The molecule has 49 heavy (non-hydrogen) atoms. The lowest BCUT2D eigenvalue weighted by atomic mass is 10.1. The summed E-state index contributed by atoms with van der Waals surface area (Å²) in [5.41, 5.74) is -0.543. The van der Waals surface area contributed by atoms with Crippen LogP contribution in [0.2, 0.25) is 0 Å². The number of hydrogen-bond donors (Lipinski definition) is 1. The van der Waals surface area contributed by atoms with E-state index in [2.05, 4.69) is 33.0 Å². The van der Waals surface area contributed by atoms with E-state index >= 15 is 0 Å². The molecule has 0 aromatic carbocycles. The second-order valence-electron chi connectivity index (χ2n) is 15.1. The Bertz CT molecular complexity index is 786. The molecule has 1 atom stereocenters. The van der Waals surface area contributed by atoms with Crippen LogP contribution in [0.3, 0.4) is 0 Å². The molecule has 0 saturated carbocycles. The molecule has 0 radical (unpaired) electrons. The van der Waals surface area contributed by atoms with E-state index in [1.54, 1.807) is 0 Å². The summed E-state index contributed by atoms with van der Waals surface area (Å²) in [6.07, 6.45) is 26.7. The van der Waals surface area contributed by atoms with Gasteiger partial charge in [-0.2, -0.15) is 0 Å². The maximum absolute atomic E-state index is 12.7. The summed E-state index contributed by atoms with van der Waals surface area (Å²) in [5, 5.41) is 2.74. The molecule has 0 rings (SSSR count). The Hall–Kier alpha value is -1.83. The van der Waals surface area contributed by atoms with E-state index in [0.717, 1.165) is 44.9 Å². The fraction of sp³-hybridized carbons (Fsp3) is 0.927. The molecule has 0 aromatic heterocycles. The second-order valence-corrected chi connectivity index (χ2v) is 15.1. The van der Waals surface area contributed by atoms with Gasteiger partial charge in [0.25, 0.3) is 0 Å². The van der Waals surface area contributed by atoms with Crippen molar-refractivity contribution < 1.29 is 33.3 Å². The number of unbranched alkanes of at least 4 members (excludes halogenated alkanes) is 20. The number of nitrogens with one attached hydrogen (secondary N) is 1. The Morgan fingerprint density at radius 3 is 1.43 bits per heavy atom. The number of hydrogen-bond acceptors (Lipinski definition) is 7. The first kappa shape index (κ1) is 47.2. The molecule has 0 aliphatic rings. The SMILES string of the molecule is CCCCCCCCCCCCCC(=O)OCC(COC(=O)NCC(C)(C)OCCC(C)C)OC(=O)CCCCCCCCCCCCC. The maximum atomic E-state index is 12.7. The van der Waals surface area contributed by atoms with E-state index in [1.807, 2.05) is 13.8 Å². The topological polar surface area (TPSA) is 100 Å². The summed E-state index contributed by atoms with van der Waals surface area (Å²) >= 11 is 0. The minimum atomic E-state index is -0.845. The van der Waals surface area contributed by atoms with Crippen molar-refractivity contribution in [3.63, 3.8) is 0 Å². The number of alkyl carbamates (subject to hydrolysis) is 1. The first-order valence-electron chi connectivity index (χ1n) is 20.5. The van der Waals surface area contributed by atoms with Crippen LogP contribution in [0.15, 0.2) is 0 Å². The van der Waals surface area contributed by atoms with Crippen LogP contribution in [0.1, 0.15) is 202 Å². The molecule has 1 amide bonds. The smallest absolute Gasteiger partial charge is 0.407 e. The Morgan fingerprint density at radius 1 is 0.571 bits per heavy atom. The fourth-order valence-electron chi connectivity index (χ4n) is 5.61. The summed E-state index contributed by atoms with van der Waals surface area (Å²) < 4.78 is 22.4. The van der Waals surface area contributed by atoms with Crippen LogP contribution in [0.25, 0.3) is 0 Å². The highest BCUT2D eigenvalue weighted by molar-refractivity contribution is 5.70. The summed E-state index contributed by atoms with van der Waals surface area (Å²) in [4.78, 5) is 37.6. The van der Waals surface area contributed by atoms with Gasteiger partial charge in [-0.25, -0.2) is 4.79 Å². The number of esters is 2. The molecule has 290 valence electrons. The van der Waals surface area contributed by atoms with Crippen LogP contribution in [0.4, 0.5) is 4.79 Å². The van der Waals surface area contributed by atoms with Gasteiger partial charge in [0.05, 0.1) is 5.60 Å². The monoisotopic (exact) mass is 698 g/mol. The average molecular weight is 698 g/mol. The minimum absolute atomic E-state index is 0.127. The zero-order valence-corrected chi connectivity index (χ0v) is 33.0. The molecular formula is C41H79NO7. The number of carbonyl (C=O) groups excluding carboxylic acids is 3. The second kappa shape index (κ2) is 33.3. The van der Waals surface area contributed by atoms with Gasteiger partial charge in [-0.1, -0.05) is 156 Å². The van der Waals surface area contributed by atoms with Crippen molar-refractivity contribution in [1.82, 2.24) is 5.32 Å². The molecule has 0 spiro atoms. The number of carbonyl (C=O) groups is 3. The molecule has 8 nitrogen and oxygen atoms in total. The van der Waals surface area contributed by atoms with E-state index < -0.39 is 17.8 Å². The van der Waals surface area contributed by atoms with Crippen LogP contribution in [-0.2, 0) is 28.5 Å². The van der Waals surface area contributed by atoms with Gasteiger partial charge in [0.1, 0.15) is 13.2 Å². The molecule has 0 bridgehead atoms. The summed E-state index contributed by atoms with van der Waals surface area (Å²) in [6, 6.07) is 0. The van der Waals surface area contributed by atoms with Crippen molar-refractivity contribution in [2.75, 3.05) is 26.4 Å². The Kier molecular flexibility index (Phi) is 32.1. The lowest BCUT2D eigenvalue weighted by Gasteiger charge is -2.26. The van der Waals surface area contributed by atoms with Crippen LogP contribution >= 0.6 is 0 Å². The zero-order chi connectivity index (χ0) is 36.4. The van der Waals surface area contributed by atoms with Crippen molar-refractivity contribution in [3.05, 3.63) is 0 Å². The number of rotatable bonds is 35. The van der Waals surface area contributed by atoms with Gasteiger partial charge in [-0.05, 0) is 39.0 Å². The molecule has 0 aromatic rings. The van der Waals surface area contributed by atoms with Crippen molar-refractivity contribution in [2.45, 2.75) is 214 Å². The first-order valence-corrected chi connectivity index (χ1v) is 20.5. The van der Waals surface area contributed by atoms with Gasteiger partial charge in [0.2, 0.25) is 0 Å². The fourth-order valence-corrected chi connectivity index (χ4v) is 5.61. The highest BCUT2D eigenvalue weighted by Crippen LogP contribution is 2.15. The Balaban J connectivity index is 4.50. The lowest BCUT2D eigenvalue weighted by Crippen LogP contribution is -2.42. The van der Waals surface area contributed by atoms with Crippen LogP contribution in [0, 0.1) is 5.92 Å². The summed E-state index contributed by atoms with van der Waals surface area (Å²) in [6.45, 7) is 13.2. The zero-order valence-electron chi connectivity index (χ0n) is 33.0. The highest BCUT2D eigenvalue weighted by atomic mass is 16.6. The third-order valence-electron chi connectivity index (χ3n) is 8.94. The predicted molar refractivity (Wildman–Crippen MR) is 202 cm³/mol.